The summed E-state index contributed by atoms with van der Waals surface area (Å²) in [5.74, 6) is 0.657. The first-order valence-corrected chi connectivity index (χ1v) is 9.60. The maximum Gasteiger partial charge on any atom is 0.179 e. The zero-order valence-corrected chi connectivity index (χ0v) is 16.4. The third-order valence-electron chi connectivity index (χ3n) is 5.13. The summed E-state index contributed by atoms with van der Waals surface area (Å²) in [5.41, 5.74) is 6.71. The van der Waals surface area contributed by atoms with Crippen LogP contribution in [-0.4, -0.2) is 30.2 Å². The lowest BCUT2D eigenvalue weighted by Gasteiger charge is -2.12. The number of hydrogen-bond acceptors (Lipinski definition) is 4. The molecule has 5 aromatic rings. The smallest absolute Gasteiger partial charge is 0.179 e. The van der Waals surface area contributed by atoms with Gasteiger partial charge in [0.1, 0.15) is 0 Å². The van der Waals surface area contributed by atoms with E-state index >= 15 is 0 Å². The Morgan fingerprint density at radius 3 is 2.62 bits per heavy atom. The maximum absolute atomic E-state index is 6.28. The Morgan fingerprint density at radius 1 is 1.03 bits per heavy atom. The first kappa shape index (κ1) is 17.6. The van der Waals surface area contributed by atoms with E-state index in [0.717, 1.165) is 39.3 Å². The van der Waals surface area contributed by atoms with Crippen LogP contribution in [0.3, 0.4) is 0 Å². The van der Waals surface area contributed by atoms with E-state index in [1.807, 2.05) is 36.5 Å². The SMILES string of the molecule is Cc1c(-c2cccnc2)n(Cc2ccc(-c3nnn[nH]3)cc2)c2ccc(Cl)cc12. The Hall–Kier alpha value is -3.51. The Kier molecular flexibility index (Phi) is 4.33. The molecule has 0 aliphatic carbocycles. The largest absolute Gasteiger partial charge is 0.336 e. The van der Waals surface area contributed by atoms with Gasteiger partial charge < -0.3 is 4.57 Å². The van der Waals surface area contributed by atoms with Gasteiger partial charge in [-0.25, -0.2) is 5.10 Å². The summed E-state index contributed by atoms with van der Waals surface area (Å²) in [6.07, 6.45) is 3.69. The molecule has 5 rings (SSSR count). The molecule has 142 valence electrons. The molecule has 6 nitrogen and oxygen atoms in total. The fourth-order valence-electron chi connectivity index (χ4n) is 3.77. The van der Waals surface area contributed by atoms with Gasteiger partial charge in [-0.3, -0.25) is 4.98 Å². The summed E-state index contributed by atoms with van der Waals surface area (Å²) in [6, 6.07) is 18.3. The van der Waals surface area contributed by atoms with Gasteiger partial charge in [0, 0.05) is 46.0 Å². The van der Waals surface area contributed by atoms with Crippen LogP contribution in [0, 0.1) is 6.92 Å². The molecule has 0 spiro atoms. The van der Waals surface area contributed by atoms with Gasteiger partial charge >= 0.3 is 0 Å². The van der Waals surface area contributed by atoms with Gasteiger partial charge in [0.05, 0.1) is 5.69 Å². The summed E-state index contributed by atoms with van der Waals surface area (Å²) in [4.78, 5) is 4.32. The van der Waals surface area contributed by atoms with Crippen molar-refractivity contribution in [1.82, 2.24) is 30.2 Å². The second-order valence-electron chi connectivity index (χ2n) is 6.91. The second-order valence-corrected chi connectivity index (χ2v) is 7.35. The number of pyridine rings is 1. The first-order valence-electron chi connectivity index (χ1n) is 9.22. The van der Waals surface area contributed by atoms with E-state index in [0.29, 0.717) is 5.82 Å². The highest BCUT2D eigenvalue weighted by Crippen LogP contribution is 2.35. The van der Waals surface area contributed by atoms with Gasteiger partial charge in [-0.15, -0.1) is 5.10 Å². The minimum absolute atomic E-state index is 0.657. The van der Waals surface area contributed by atoms with Crippen LogP contribution in [0.4, 0.5) is 0 Å². The molecule has 0 fully saturated rings. The third-order valence-corrected chi connectivity index (χ3v) is 5.36. The highest BCUT2D eigenvalue weighted by atomic mass is 35.5. The molecular weight excluding hydrogens is 384 g/mol. The van der Waals surface area contributed by atoms with E-state index in [4.69, 9.17) is 11.6 Å². The van der Waals surface area contributed by atoms with Crippen LogP contribution >= 0.6 is 11.6 Å². The molecule has 0 bridgehead atoms. The highest BCUT2D eigenvalue weighted by molar-refractivity contribution is 6.31. The number of H-pyrrole nitrogens is 1. The molecule has 0 unspecified atom stereocenters. The lowest BCUT2D eigenvalue weighted by Crippen LogP contribution is -2.02. The van der Waals surface area contributed by atoms with Crippen molar-refractivity contribution in [3.05, 3.63) is 83.1 Å². The van der Waals surface area contributed by atoms with Crippen molar-refractivity contribution in [3.63, 3.8) is 0 Å². The van der Waals surface area contributed by atoms with E-state index in [9.17, 15) is 0 Å². The molecule has 2 aromatic carbocycles. The van der Waals surface area contributed by atoms with Crippen molar-refractivity contribution in [1.29, 1.82) is 0 Å². The van der Waals surface area contributed by atoms with Crippen molar-refractivity contribution < 1.29 is 0 Å². The van der Waals surface area contributed by atoms with Crippen LogP contribution in [-0.2, 0) is 6.54 Å². The third kappa shape index (κ3) is 3.17. The number of tetrazole rings is 1. The van der Waals surface area contributed by atoms with E-state index in [1.54, 1.807) is 6.20 Å². The average Bonchev–Trinajstić information content (AvgIpc) is 3.37. The maximum atomic E-state index is 6.28. The summed E-state index contributed by atoms with van der Waals surface area (Å²) >= 11 is 6.28. The van der Waals surface area contributed by atoms with Crippen LogP contribution in [0.2, 0.25) is 5.02 Å². The predicted octanol–water partition coefficient (Wildman–Crippen LogP) is 4.89. The lowest BCUT2D eigenvalue weighted by molar-refractivity contribution is 0.842. The van der Waals surface area contributed by atoms with Crippen molar-refractivity contribution in [3.8, 4) is 22.6 Å². The molecule has 7 heteroatoms. The Labute approximate surface area is 172 Å². The molecule has 0 aliphatic heterocycles. The molecular formula is C22H17ClN6. The standard InChI is InChI=1S/C22H17ClN6/c1-14-19-11-18(23)8-9-20(19)29(21(14)17-3-2-10-24-12-17)13-15-4-6-16(7-5-15)22-25-27-28-26-22/h2-12H,13H2,1H3,(H,25,26,27,28). The van der Waals surface area contributed by atoms with Gasteiger partial charge in [0.15, 0.2) is 5.82 Å². The average molecular weight is 401 g/mol. The van der Waals surface area contributed by atoms with Crippen LogP contribution in [0.25, 0.3) is 33.5 Å². The molecule has 0 saturated carbocycles. The summed E-state index contributed by atoms with van der Waals surface area (Å²) < 4.78 is 2.32. The van der Waals surface area contributed by atoms with Crippen LogP contribution in [0.15, 0.2) is 67.0 Å². The number of hydrogen-bond donors (Lipinski definition) is 1. The van der Waals surface area contributed by atoms with Gasteiger partial charge in [-0.05, 0) is 58.8 Å². The van der Waals surface area contributed by atoms with Gasteiger partial charge in [0.2, 0.25) is 0 Å². The zero-order chi connectivity index (χ0) is 19.8. The number of rotatable bonds is 4. The molecule has 1 N–H and O–H groups in total. The quantitative estimate of drug-likeness (QED) is 0.466. The van der Waals surface area contributed by atoms with Crippen molar-refractivity contribution in [2.24, 2.45) is 0 Å². The molecule has 0 saturated heterocycles. The number of aromatic amines is 1. The van der Waals surface area contributed by atoms with Crippen molar-refractivity contribution in [2.75, 3.05) is 0 Å². The number of benzene rings is 2. The Balaban J connectivity index is 1.62. The van der Waals surface area contributed by atoms with Crippen LogP contribution in [0.5, 0.6) is 0 Å². The summed E-state index contributed by atoms with van der Waals surface area (Å²) in [5, 5.41) is 15.9. The summed E-state index contributed by atoms with van der Waals surface area (Å²) in [7, 11) is 0. The number of aryl methyl sites for hydroxylation is 1. The molecule has 3 heterocycles. The molecule has 0 amide bonds. The second kappa shape index (κ2) is 7.14. The minimum atomic E-state index is 0.657. The topological polar surface area (TPSA) is 72.3 Å². The van der Waals surface area contributed by atoms with Crippen LogP contribution in [0.1, 0.15) is 11.1 Å². The monoisotopic (exact) mass is 400 g/mol. The van der Waals surface area contributed by atoms with E-state index in [2.05, 4.69) is 61.4 Å². The zero-order valence-electron chi connectivity index (χ0n) is 15.7. The van der Waals surface area contributed by atoms with Crippen molar-refractivity contribution >= 4 is 22.5 Å². The Morgan fingerprint density at radius 2 is 1.90 bits per heavy atom. The van der Waals surface area contributed by atoms with E-state index in [1.165, 1.54) is 11.1 Å². The minimum Gasteiger partial charge on any atom is -0.336 e. The molecule has 0 radical (unpaired) electrons. The Bertz CT molecular complexity index is 1270. The molecule has 29 heavy (non-hydrogen) atoms. The fraction of sp³-hybridized carbons (Fsp3) is 0.0909. The fourth-order valence-corrected chi connectivity index (χ4v) is 3.94. The number of aromatic nitrogens is 6. The highest BCUT2D eigenvalue weighted by Gasteiger charge is 2.16. The van der Waals surface area contributed by atoms with E-state index in [-0.39, 0.29) is 0 Å². The number of halogens is 1. The lowest BCUT2D eigenvalue weighted by atomic mass is 10.1. The van der Waals surface area contributed by atoms with Gasteiger partial charge in [-0.2, -0.15) is 0 Å². The number of fused-ring (bicyclic) bond motifs is 1. The molecule has 0 atom stereocenters. The predicted molar refractivity (Wildman–Crippen MR) is 114 cm³/mol. The summed E-state index contributed by atoms with van der Waals surface area (Å²) in [6.45, 7) is 2.86. The number of nitrogens with one attached hydrogen (secondary N) is 1. The van der Waals surface area contributed by atoms with Crippen LogP contribution < -0.4 is 0 Å². The number of nitrogens with zero attached hydrogens (tertiary/aromatic N) is 5. The first-order chi connectivity index (χ1) is 14.2. The molecule has 3 aromatic heterocycles. The normalized spacial score (nSPS) is 11.2. The molecule has 0 aliphatic rings. The van der Waals surface area contributed by atoms with Gasteiger partial charge in [0.25, 0.3) is 0 Å². The van der Waals surface area contributed by atoms with Gasteiger partial charge in [-0.1, -0.05) is 35.9 Å². The van der Waals surface area contributed by atoms with E-state index < -0.39 is 0 Å². The van der Waals surface area contributed by atoms with Crippen molar-refractivity contribution in [2.45, 2.75) is 13.5 Å².